The second-order valence-electron chi connectivity index (χ2n) is 4.56. The normalized spacial score (nSPS) is 10.4. The van der Waals surface area contributed by atoms with Gasteiger partial charge in [0.2, 0.25) is 0 Å². The molecule has 0 amide bonds. The summed E-state index contributed by atoms with van der Waals surface area (Å²) in [6.45, 7) is 6.15. The van der Waals surface area contributed by atoms with Crippen LogP contribution in [0.3, 0.4) is 0 Å². The number of nitrogens with one attached hydrogen (secondary N) is 1. The van der Waals surface area contributed by atoms with Crippen molar-refractivity contribution in [3.05, 3.63) is 23.8 Å². The van der Waals surface area contributed by atoms with E-state index < -0.39 is 0 Å². The summed E-state index contributed by atoms with van der Waals surface area (Å²) in [5.41, 5.74) is 2.31. The number of rotatable bonds is 9. The third kappa shape index (κ3) is 5.41. The van der Waals surface area contributed by atoms with Gasteiger partial charge < -0.3 is 15.2 Å². The zero-order valence-corrected chi connectivity index (χ0v) is 11.5. The van der Waals surface area contributed by atoms with Crippen LogP contribution in [0.1, 0.15) is 38.2 Å². The summed E-state index contributed by atoms with van der Waals surface area (Å²) >= 11 is 0. The number of ether oxygens (including phenoxy) is 1. The van der Waals surface area contributed by atoms with E-state index in [4.69, 9.17) is 9.84 Å². The first-order valence-corrected chi connectivity index (χ1v) is 6.86. The molecule has 18 heavy (non-hydrogen) atoms. The molecule has 0 aromatic heterocycles. The quantitative estimate of drug-likeness (QED) is 0.661. The predicted molar refractivity (Wildman–Crippen MR) is 76.4 cm³/mol. The number of aliphatic hydroxyl groups is 1. The molecule has 0 fully saturated rings. The van der Waals surface area contributed by atoms with Gasteiger partial charge in [0.1, 0.15) is 5.75 Å². The average molecular weight is 251 g/mol. The van der Waals surface area contributed by atoms with Crippen LogP contribution in [0.5, 0.6) is 5.75 Å². The Morgan fingerprint density at radius 1 is 1.22 bits per heavy atom. The fourth-order valence-corrected chi connectivity index (χ4v) is 1.76. The predicted octanol–water partition coefficient (Wildman–Crippen LogP) is 3.36. The number of aliphatic hydroxyl groups excluding tert-OH is 1. The van der Waals surface area contributed by atoms with Crippen molar-refractivity contribution in [2.45, 2.75) is 39.5 Å². The minimum atomic E-state index is 0.287. The van der Waals surface area contributed by atoms with E-state index in [9.17, 15) is 0 Å². The molecule has 0 unspecified atom stereocenters. The molecule has 0 saturated heterocycles. The Hall–Kier alpha value is -1.22. The zero-order valence-electron chi connectivity index (χ0n) is 11.5. The first kappa shape index (κ1) is 14.8. The summed E-state index contributed by atoms with van der Waals surface area (Å²) in [4.78, 5) is 0. The second-order valence-corrected chi connectivity index (χ2v) is 4.56. The van der Waals surface area contributed by atoms with Crippen LogP contribution in [0.2, 0.25) is 0 Å². The Morgan fingerprint density at radius 2 is 2.06 bits per heavy atom. The highest BCUT2D eigenvalue weighted by molar-refractivity contribution is 5.57. The summed E-state index contributed by atoms with van der Waals surface area (Å²) in [5.74, 6) is 0.935. The minimum Gasteiger partial charge on any atom is -0.491 e. The van der Waals surface area contributed by atoms with E-state index in [-0.39, 0.29) is 6.61 Å². The zero-order chi connectivity index (χ0) is 13.2. The monoisotopic (exact) mass is 251 g/mol. The van der Waals surface area contributed by atoms with Crippen LogP contribution in [0.25, 0.3) is 0 Å². The molecule has 0 atom stereocenters. The van der Waals surface area contributed by atoms with Gasteiger partial charge in [0, 0.05) is 13.2 Å². The molecule has 0 heterocycles. The second kappa shape index (κ2) is 8.81. The maximum atomic E-state index is 8.72. The first-order chi connectivity index (χ1) is 8.77. The number of hydrogen-bond donors (Lipinski definition) is 2. The summed E-state index contributed by atoms with van der Waals surface area (Å²) < 4.78 is 5.72. The Morgan fingerprint density at radius 3 is 2.78 bits per heavy atom. The van der Waals surface area contributed by atoms with Crippen LogP contribution < -0.4 is 10.1 Å². The first-order valence-electron chi connectivity index (χ1n) is 6.86. The van der Waals surface area contributed by atoms with Gasteiger partial charge in [-0.3, -0.25) is 0 Å². The van der Waals surface area contributed by atoms with Crippen molar-refractivity contribution in [3.63, 3.8) is 0 Å². The molecule has 0 aliphatic heterocycles. The largest absolute Gasteiger partial charge is 0.491 e. The van der Waals surface area contributed by atoms with E-state index in [2.05, 4.69) is 31.3 Å². The molecule has 0 saturated carbocycles. The van der Waals surface area contributed by atoms with E-state index in [1.54, 1.807) is 0 Å². The molecule has 1 rings (SSSR count). The third-order valence-electron chi connectivity index (χ3n) is 2.75. The average Bonchev–Trinajstić information content (AvgIpc) is 2.37. The molecule has 3 heteroatoms. The highest BCUT2D eigenvalue weighted by Gasteiger charge is 2.03. The third-order valence-corrected chi connectivity index (χ3v) is 2.75. The van der Waals surface area contributed by atoms with E-state index >= 15 is 0 Å². The van der Waals surface area contributed by atoms with Gasteiger partial charge in [0.05, 0.1) is 12.3 Å². The standard InChI is InChI=1S/C15H25NO2/c1-3-11-18-15-8-7-13(2)12-14(15)16-9-5-4-6-10-17/h7-8,12,16-17H,3-6,9-11H2,1-2H3. The van der Waals surface area contributed by atoms with Crippen molar-refractivity contribution >= 4 is 5.69 Å². The van der Waals surface area contributed by atoms with Gasteiger partial charge in [-0.05, 0) is 50.3 Å². The fraction of sp³-hybridized carbons (Fsp3) is 0.600. The van der Waals surface area contributed by atoms with Crippen LogP contribution in [0, 0.1) is 6.92 Å². The Kier molecular flexibility index (Phi) is 7.26. The van der Waals surface area contributed by atoms with Crippen molar-refractivity contribution in [2.24, 2.45) is 0 Å². The molecular weight excluding hydrogens is 226 g/mol. The van der Waals surface area contributed by atoms with Crippen LogP contribution in [0.15, 0.2) is 18.2 Å². The van der Waals surface area contributed by atoms with Gasteiger partial charge in [-0.1, -0.05) is 13.0 Å². The molecule has 0 radical (unpaired) electrons. The number of anilines is 1. The molecular formula is C15H25NO2. The van der Waals surface area contributed by atoms with Crippen molar-refractivity contribution in [2.75, 3.05) is 25.1 Å². The van der Waals surface area contributed by atoms with Gasteiger partial charge in [-0.15, -0.1) is 0 Å². The minimum absolute atomic E-state index is 0.287. The maximum absolute atomic E-state index is 8.72. The molecule has 0 aliphatic carbocycles. The van der Waals surface area contributed by atoms with Gasteiger partial charge in [-0.25, -0.2) is 0 Å². The maximum Gasteiger partial charge on any atom is 0.142 e. The van der Waals surface area contributed by atoms with Gasteiger partial charge >= 0.3 is 0 Å². The van der Waals surface area contributed by atoms with Crippen molar-refractivity contribution in [3.8, 4) is 5.75 Å². The SMILES string of the molecule is CCCOc1ccc(C)cc1NCCCCCO. The van der Waals surface area contributed by atoms with Crippen LogP contribution >= 0.6 is 0 Å². The van der Waals surface area contributed by atoms with E-state index in [1.165, 1.54) is 5.56 Å². The lowest BCUT2D eigenvalue weighted by Crippen LogP contribution is -2.05. The lowest BCUT2D eigenvalue weighted by molar-refractivity contribution is 0.283. The molecule has 0 aliphatic rings. The molecule has 3 nitrogen and oxygen atoms in total. The number of aryl methyl sites for hydroxylation is 1. The number of benzene rings is 1. The van der Waals surface area contributed by atoms with Gasteiger partial charge in [0.15, 0.2) is 0 Å². The van der Waals surface area contributed by atoms with Crippen molar-refractivity contribution < 1.29 is 9.84 Å². The van der Waals surface area contributed by atoms with E-state index in [0.29, 0.717) is 0 Å². The van der Waals surface area contributed by atoms with Crippen LogP contribution in [-0.4, -0.2) is 24.9 Å². The Bertz CT molecular complexity index is 339. The Balaban J connectivity index is 2.47. The summed E-state index contributed by atoms with van der Waals surface area (Å²) in [6.07, 6.45) is 4.03. The fourth-order valence-electron chi connectivity index (χ4n) is 1.76. The van der Waals surface area contributed by atoms with Crippen LogP contribution in [-0.2, 0) is 0 Å². The van der Waals surface area contributed by atoms with Gasteiger partial charge in [0.25, 0.3) is 0 Å². The summed E-state index contributed by atoms with van der Waals surface area (Å²) in [6, 6.07) is 6.22. The summed E-state index contributed by atoms with van der Waals surface area (Å²) in [5, 5.41) is 12.1. The molecule has 1 aromatic rings. The lowest BCUT2D eigenvalue weighted by atomic mass is 10.2. The molecule has 0 spiro atoms. The van der Waals surface area contributed by atoms with Crippen molar-refractivity contribution in [1.82, 2.24) is 0 Å². The van der Waals surface area contributed by atoms with Crippen molar-refractivity contribution in [1.29, 1.82) is 0 Å². The highest BCUT2D eigenvalue weighted by Crippen LogP contribution is 2.25. The molecule has 1 aromatic carbocycles. The van der Waals surface area contributed by atoms with E-state index in [1.807, 2.05) is 6.07 Å². The lowest BCUT2D eigenvalue weighted by Gasteiger charge is -2.13. The topological polar surface area (TPSA) is 41.5 Å². The number of hydrogen-bond acceptors (Lipinski definition) is 3. The smallest absolute Gasteiger partial charge is 0.142 e. The molecule has 0 bridgehead atoms. The Labute approximate surface area is 110 Å². The van der Waals surface area contributed by atoms with E-state index in [0.717, 1.165) is 50.3 Å². The molecule has 2 N–H and O–H groups in total. The summed E-state index contributed by atoms with van der Waals surface area (Å²) in [7, 11) is 0. The highest BCUT2D eigenvalue weighted by atomic mass is 16.5. The number of unbranched alkanes of at least 4 members (excludes halogenated alkanes) is 2. The van der Waals surface area contributed by atoms with Gasteiger partial charge in [-0.2, -0.15) is 0 Å². The van der Waals surface area contributed by atoms with Crippen LogP contribution in [0.4, 0.5) is 5.69 Å². The molecule has 102 valence electrons.